The van der Waals surface area contributed by atoms with Crippen molar-refractivity contribution >= 4 is 5.91 Å². The lowest BCUT2D eigenvalue weighted by Gasteiger charge is -2.23. The lowest BCUT2D eigenvalue weighted by Crippen LogP contribution is -2.39. The Balaban J connectivity index is 1.64. The molecule has 2 aromatic rings. The van der Waals surface area contributed by atoms with Crippen molar-refractivity contribution in [3.05, 3.63) is 59.7 Å². The summed E-state index contributed by atoms with van der Waals surface area (Å²) in [6.07, 6.45) is 0.807. The summed E-state index contributed by atoms with van der Waals surface area (Å²) in [5.41, 5.74) is 2.15. The van der Waals surface area contributed by atoms with Gasteiger partial charge < -0.3 is 14.8 Å². The van der Waals surface area contributed by atoms with E-state index >= 15 is 0 Å². The van der Waals surface area contributed by atoms with Crippen LogP contribution in [0.2, 0.25) is 0 Å². The van der Waals surface area contributed by atoms with E-state index in [1.807, 2.05) is 49.4 Å². The summed E-state index contributed by atoms with van der Waals surface area (Å²) in [6.45, 7) is 7.04. The second kappa shape index (κ2) is 9.42. The minimum Gasteiger partial charge on any atom is -0.494 e. The first-order valence-electron chi connectivity index (χ1n) is 9.65. The van der Waals surface area contributed by atoms with Crippen molar-refractivity contribution in [2.24, 2.45) is 0 Å². The number of fused-ring (bicyclic) bond motifs is 1. The number of amides is 1. The fraction of sp³-hybridized carbons (Fsp3) is 0.409. The molecular formula is C22H28N2O3. The molecule has 5 nitrogen and oxygen atoms in total. The highest BCUT2D eigenvalue weighted by Crippen LogP contribution is 2.27. The highest BCUT2D eigenvalue weighted by Gasteiger charge is 2.20. The van der Waals surface area contributed by atoms with E-state index in [4.69, 9.17) is 9.47 Å². The molecule has 0 aliphatic carbocycles. The average molecular weight is 368 g/mol. The fourth-order valence-electron chi connectivity index (χ4n) is 3.41. The molecular weight excluding hydrogens is 340 g/mol. The number of nitrogens with zero attached hydrogens (tertiary/aromatic N) is 1. The highest BCUT2D eigenvalue weighted by atomic mass is 16.5. The number of hydrogen-bond donors (Lipinski definition) is 1. The van der Waals surface area contributed by atoms with E-state index in [2.05, 4.69) is 23.2 Å². The van der Waals surface area contributed by atoms with Crippen molar-refractivity contribution in [1.29, 1.82) is 0 Å². The normalized spacial score (nSPS) is 15.2. The van der Waals surface area contributed by atoms with Crippen LogP contribution in [0.15, 0.2) is 48.5 Å². The van der Waals surface area contributed by atoms with Gasteiger partial charge in [-0.1, -0.05) is 43.3 Å². The number of hydrogen-bond acceptors (Lipinski definition) is 4. The molecule has 1 aliphatic heterocycles. The molecule has 0 radical (unpaired) electrons. The van der Waals surface area contributed by atoms with Gasteiger partial charge in [0.2, 0.25) is 5.91 Å². The van der Waals surface area contributed by atoms with Crippen molar-refractivity contribution in [1.82, 2.24) is 10.2 Å². The molecule has 144 valence electrons. The minimum absolute atomic E-state index is 0.0209. The first-order valence-corrected chi connectivity index (χ1v) is 9.65. The maximum Gasteiger partial charge on any atom is 0.234 e. The maximum atomic E-state index is 12.7. The molecule has 3 rings (SSSR count). The van der Waals surface area contributed by atoms with Gasteiger partial charge in [0.25, 0.3) is 0 Å². The summed E-state index contributed by atoms with van der Waals surface area (Å²) in [4.78, 5) is 14.8. The minimum atomic E-state index is -0.0595. The van der Waals surface area contributed by atoms with Crippen LogP contribution in [-0.4, -0.2) is 37.1 Å². The van der Waals surface area contributed by atoms with E-state index in [1.54, 1.807) is 0 Å². The maximum absolute atomic E-state index is 12.7. The summed E-state index contributed by atoms with van der Waals surface area (Å²) in [5.74, 6) is 1.77. The van der Waals surface area contributed by atoms with Crippen molar-refractivity contribution in [2.45, 2.75) is 32.9 Å². The van der Waals surface area contributed by atoms with Gasteiger partial charge in [-0.2, -0.15) is 0 Å². The number of rotatable bonds is 7. The average Bonchev–Trinajstić information content (AvgIpc) is 2.88. The third-order valence-electron chi connectivity index (χ3n) is 4.74. The third-order valence-corrected chi connectivity index (χ3v) is 4.74. The molecule has 27 heavy (non-hydrogen) atoms. The standard InChI is InChI=1S/C22H28N2O3/c1-3-19(18-10-6-8-12-21(18)26-4-2)23-22(25)16-24-13-14-27-20-11-7-5-9-17(20)15-24/h5-12,19H,3-4,13-16H2,1-2H3,(H,23,25). The van der Waals surface area contributed by atoms with Crippen LogP contribution in [0.4, 0.5) is 0 Å². The van der Waals surface area contributed by atoms with Crippen LogP contribution in [-0.2, 0) is 11.3 Å². The summed E-state index contributed by atoms with van der Waals surface area (Å²) < 4.78 is 11.5. The van der Waals surface area contributed by atoms with Crippen LogP contribution in [0.3, 0.4) is 0 Å². The number of para-hydroxylation sites is 2. The summed E-state index contributed by atoms with van der Waals surface area (Å²) in [5, 5.41) is 3.17. The van der Waals surface area contributed by atoms with Gasteiger partial charge in [-0.3, -0.25) is 9.69 Å². The van der Waals surface area contributed by atoms with E-state index in [0.29, 0.717) is 19.8 Å². The van der Waals surface area contributed by atoms with Crippen molar-refractivity contribution in [3.63, 3.8) is 0 Å². The Labute approximate surface area is 161 Å². The summed E-state index contributed by atoms with van der Waals surface area (Å²) in [6, 6.07) is 15.9. The molecule has 0 aromatic heterocycles. The van der Waals surface area contributed by atoms with E-state index in [-0.39, 0.29) is 11.9 Å². The predicted octanol–water partition coefficient (Wildman–Crippen LogP) is 3.55. The van der Waals surface area contributed by atoms with Gasteiger partial charge in [0.1, 0.15) is 18.1 Å². The third kappa shape index (κ3) is 5.01. The van der Waals surface area contributed by atoms with Crippen LogP contribution in [0.1, 0.15) is 37.4 Å². The zero-order valence-corrected chi connectivity index (χ0v) is 16.1. The lowest BCUT2D eigenvalue weighted by atomic mass is 10.0. The Morgan fingerprint density at radius 2 is 1.96 bits per heavy atom. The van der Waals surface area contributed by atoms with Crippen LogP contribution < -0.4 is 14.8 Å². The predicted molar refractivity (Wildman–Crippen MR) is 106 cm³/mol. The monoisotopic (exact) mass is 368 g/mol. The largest absolute Gasteiger partial charge is 0.494 e. The molecule has 5 heteroatoms. The Kier molecular flexibility index (Phi) is 6.71. The van der Waals surface area contributed by atoms with Crippen LogP contribution in [0, 0.1) is 0 Å². The molecule has 1 atom stereocenters. The Hall–Kier alpha value is -2.53. The summed E-state index contributed by atoms with van der Waals surface area (Å²) in [7, 11) is 0. The zero-order chi connectivity index (χ0) is 19.1. The molecule has 0 bridgehead atoms. The number of carbonyl (C=O) groups is 1. The van der Waals surface area contributed by atoms with Crippen LogP contribution in [0.5, 0.6) is 11.5 Å². The zero-order valence-electron chi connectivity index (χ0n) is 16.1. The Morgan fingerprint density at radius 3 is 2.78 bits per heavy atom. The second-order valence-corrected chi connectivity index (χ2v) is 6.67. The molecule has 1 unspecified atom stereocenters. The molecule has 0 fully saturated rings. The quantitative estimate of drug-likeness (QED) is 0.812. The van der Waals surface area contributed by atoms with Gasteiger partial charge in [0.15, 0.2) is 0 Å². The van der Waals surface area contributed by atoms with Crippen LogP contribution >= 0.6 is 0 Å². The second-order valence-electron chi connectivity index (χ2n) is 6.67. The van der Waals surface area contributed by atoms with E-state index in [1.165, 1.54) is 0 Å². The van der Waals surface area contributed by atoms with Crippen molar-refractivity contribution < 1.29 is 14.3 Å². The number of nitrogens with one attached hydrogen (secondary N) is 1. The van der Waals surface area contributed by atoms with Gasteiger partial charge in [0, 0.05) is 24.2 Å². The van der Waals surface area contributed by atoms with Crippen molar-refractivity contribution in [3.8, 4) is 11.5 Å². The molecule has 1 N–H and O–H groups in total. The van der Waals surface area contributed by atoms with Gasteiger partial charge in [-0.05, 0) is 25.5 Å². The lowest BCUT2D eigenvalue weighted by molar-refractivity contribution is -0.123. The Bertz CT molecular complexity index is 763. The highest BCUT2D eigenvalue weighted by molar-refractivity contribution is 5.78. The number of carbonyl (C=O) groups excluding carboxylic acids is 1. The SMILES string of the molecule is CCOc1ccccc1C(CC)NC(=O)CN1CCOc2ccccc2C1. The Morgan fingerprint density at radius 1 is 1.19 bits per heavy atom. The van der Waals surface area contributed by atoms with Gasteiger partial charge in [-0.25, -0.2) is 0 Å². The molecule has 2 aromatic carbocycles. The summed E-state index contributed by atoms with van der Waals surface area (Å²) >= 11 is 0. The van der Waals surface area contributed by atoms with Gasteiger partial charge >= 0.3 is 0 Å². The van der Waals surface area contributed by atoms with E-state index in [9.17, 15) is 4.79 Å². The van der Waals surface area contributed by atoms with Gasteiger partial charge in [-0.15, -0.1) is 0 Å². The van der Waals surface area contributed by atoms with Crippen LogP contribution in [0.25, 0.3) is 0 Å². The molecule has 1 aliphatic rings. The number of benzene rings is 2. The van der Waals surface area contributed by atoms with Gasteiger partial charge in [0.05, 0.1) is 19.2 Å². The number of ether oxygens (including phenoxy) is 2. The first-order chi connectivity index (χ1) is 13.2. The molecule has 0 saturated heterocycles. The molecule has 1 amide bonds. The molecule has 1 heterocycles. The van der Waals surface area contributed by atoms with E-state index in [0.717, 1.165) is 42.1 Å². The molecule has 0 spiro atoms. The molecule has 0 saturated carbocycles. The van der Waals surface area contributed by atoms with E-state index < -0.39 is 0 Å². The van der Waals surface area contributed by atoms with Crippen molar-refractivity contribution in [2.75, 3.05) is 26.3 Å². The topological polar surface area (TPSA) is 50.8 Å². The first kappa shape index (κ1) is 19.2. The fourth-order valence-corrected chi connectivity index (χ4v) is 3.41. The smallest absolute Gasteiger partial charge is 0.234 e.